The Kier molecular flexibility index (Phi) is 4.78. The van der Waals surface area contributed by atoms with Crippen molar-refractivity contribution in [3.05, 3.63) is 28.8 Å². The summed E-state index contributed by atoms with van der Waals surface area (Å²) in [6.07, 6.45) is 4.57. The number of nitrogens with zero attached hydrogens (tertiary/aromatic N) is 2. The van der Waals surface area contributed by atoms with Gasteiger partial charge in [0, 0.05) is 11.4 Å². The lowest BCUT2D eigenvalue weighted by molar-refractivity contribution is -0.144. The maximum absolute atomic E-state index is 12.7. The van der Waals surface area contributed by atoms with Crippen molar-refractivity contribution >= 4 is 35.0 Å². The van der Waals surface area contributed by atoms with Crippen molar-refractivity contribution in [2.24, 2.45) is 5.41 Å². The van der Waals surface area contributed by atoms with E-state index in [9.17, 15) is 14.4 Å². The van der Waals surface area contributed by atoms with Gasteiger partial charge in [0.2, 0.25) is 17.7 Å². The Labute approximate surface area is 150 Å². The predicted octanol–water partition coefficient (Wildman–Crippen LogP) is 2.86. The second-order valence-electron chi connectivity index (χ2n) is 6.65. The zero-order valence-corrected chi connectivity index (χ0v) is 14.4. The van der Waals surface area contributed by atoms with Crippen molar-refractivity contribution in [2.75, 3.05) is 11.9 Å². The highest BCUT2D eigenvalue weighted by atomic mass is 35.5. The van der Waals surface area contributed by atoms with Gasteiger partial charge in [0.1, 0.15) is 12.6 Å². The van der Waals surface area contributed by atoms with Gasteiger partial charge in [-0.3, -0.25) is 19.3 Å². The van der Waals surface area contributed by atoms with Crippen LogP contribution in [0.3, 0.4) is 0 Å². The summed E-state index contributed by atoms with van der Waals surface area (Å²) in [4.78, 5) is 38.3. The molecule has 0 unspecified atom stereocenters. The number of imide groups is 1. The monoisotopic (exact) mass is 359 g/mol. The number of hydrogen-bond donors (Lipinski definition) is 1. The van der Waals surface area contributed by atoms with Crippen LogP contribution < -0.4 is 5.32 Å². The summed E-state index contributed by atoms with van der Waals surface area (Å²) in [5.74, 6) is -1.05. The van der Waals surface area contributed by atoms with E-state index in [0.29, 0.717) is 17.9 Å². The molecule has 0 radical (unpaired) electrons. The highest BCUT2D eigenvalue weighted by Gasteiger charge is 2.51. The number of carbonyl (C=O) groups excluding carboxylic acids is 3. The third kappa shape index (κ3) is 3.38. The second kappa shape index (κ2) is 6.85. The van der Waals surface area contributed by atoms with Gasteiger partial charge in [0.25, 0.3) is 0 Å². The van der Waals surface area contributed by atoms with Gasteiger partial charge in [-0.2, -0.15) is 5.26 Å². The number of amides is 3. The topological polar surface area (TPSA) is 90.3 Å². The van der Waals surface area contributed by atoms with E-state index in [1.54, 1.807) is 6.07 Å². The van der Waals surface area contributed by atoms with Gasteiger partial charge in [-0.15, -0.1) is 0 Å². The molecule has 25 heavy (non-hydrogen) atoms. The molecule has 7 heteroatoms. The first-order valence-electron chi connectivity index (χ1n) is 8.29. The molecule has 3 amide bonds. The average molecular weight is 360 g/mol. The first-order valence-corrected chi connectivity index (χ1v) is 8.67. The minimum absolute atomic E-state index is 0.194. The van der Waals surface area contributed by atoms with E-state index in [1.165, 1.54) is 12.1 Å². The molecular weight excluding hydrogens is 342 g/mol. The Hall–Kier alpha value is -2.39. The van der Waals surface area contributed by atoms with Crippen molar-refractivity contribution in [1.82, 2.24) is 4.90 Å². The van der Waals surface area contributed by atoms with E-state index in [4.69, 9.17) is 16.9 Å². The maximum Gasteiger partial charge on any atom is 0.244 e. The van der Waals surface area contributed by atoms with E-state index in [2.05, 4.69) is 5.32 Å². The minimum atomic E-state index is -0.608. The van der Waals surface area contributed by atoms with Gasteiger partial charge in [-0.1, -0.05) is 30.9 Å². The van der Waals surface area contributed by atoms with Crippen molar-refractivity contribution in [2.45, 2.75) is 38.5 Å². The fourth-order valence-electron chi connectivity index (χ4n) is 3.69. The molecule has 6 nitrogen and oxygen atoms in total. The summed E-state index contributed by atoms with van der Waals surface area (Å²) in [5, 5.41) is 12.0. The number of hydrogen-bond acceptors (Lipinski definition) is 4. The fourth-order valence-corrected chi connectivity index (χ4v) is 3.86. The molecule has 1 saturated carbocycles. The first kappa shape index (κ1) is 17.4. The molecule has 1 N–H and O–H groups in total. The lowest BCUT2D eigenvalue weighted by Gasteiger charge is -2.30. The Balaban J connectivity index is 1.71. The molecule has 1 aromatic carbocycles. The number of likely N-dealkylation sites (tertiary alicyclic amines) is 1. The van der Waals surface area contributed by atoms with E-state index >= 15 is 0 Å². The van der Waals surface area contributed by atoms with E-state index < -0.39 is 11.3 Å². The summed E-state index contributed by atoms with van der Waals surface area (Å²) in [5.41, 5.74) is -0.0734. The second-order valence-corrected chi connectivity index (χ2v) is 7.09. The molecule has 1 spiro atoms. The SMILES string of the molecule is N#Cc1ccc(Cl)cc1NC(=O)CN1C(=O)CC2(CCCCC2)C1=O. The van der Waals surface area contributed by atoms with Crippen molar-refractivity contribution in [1.29, 1.82) is 5.26 Å². The fraction of sp³-hybridized carbons (Fsp3) is 0.444. The molecule has 1 aliphatic heterocycles. The lowest BCUT2D eigenvalue weighted by atomic mass is 9.73. The van der Waals surface area contributed by atoms with Gasteiger partial charge in [-0.05, 0) is 31.0 Å². The number of nitriles is 1. The van der Waals surface area contributed by atoms with Crippen molar-refractivity contribution in [3.63, 3.8) is 0 Å². The molecule has 0 aromatic heterocycles. The Bertz CT molecular complexity index is 778. The van der Waals surface area contributed by atoms with Gasteiger partial charge in [0.05, 0.1) is 16.7 Å². The predicted molar refractivity (Wildman–Crippen MR) is 91.7 cm³/mol. The van der Waals surface area contributed by atoms with Crippen LogP contribution in [0.4, 0.5) is 5.69 Å². The van der Waals surface area contributed by atoms with Crippen LogP contribution in [0.15, 0.2) is 18.2 Å². The average Bonchev–Trinajstić information content (AvgIpc) is 2.80. The first-order chi connectivity index (χ1) is 11.9. The van der Waals surface area contributed by atoms with Crippen molar-refractivity contribution < 1.29 is 14.4 Å². The minimum Gasteiger partial charge on any atom is -0.323 e. The van der Waals surface area contributed by atoms with E-state index in [0.717, 1.165) is 24.2 Å². The highest BCUT2D eigenvalue weighted by Crippen LogP contribution is 2.45. The largest absolute Gasteiger partial charge is 0.323 e. The molecule has 130 valence electrons. The third-order valence-corrected chi connectivity index (χ3v) is 5.21. The number of rotatable bonds is 3. The zero-order valence-electron chi connectivity index (χ0n) is 13.7. The van der Waals surface area contributed by atoms with Gasteiger partial charge in [0.15, 0.2) is 0 Å². The van der Waals surface area contributed by atoms with Crippen LogP contribution in [0.1, 0.15) is 44.1 Å². The summed E-state index contributed by atoms with van der Waals surface area (Å²) in [7, 11) is 0. The van der Waals surface area contributed by atoms with Gasteiger partial charge in [-0.25, -0.2) is 0 Å². The lowest BCUT2D eigenvalue weighted by Crippen LogP contribution is -2.41. The Morgan fingerprint density at radius 2 is 2.00 bits per heavy atom. The van der Waals surface area contributed by atoms with E-state index in [-0.39, 0.29) is 36.0 Å². The molecule has 1 heterocycles. The highest BCUT2D eigenvalue weighted by molar-refractivity contribution is 6.31. The normalized spacial score (nSPS) is 19.1. The van der Waals surface area contributed by atoms with E-state index in [1.807, 2.05) is 6.07 Å². The van der Waals surface area contributed by atoms with Crippen LogP contribution in [-0.2, 0) is 14.4 Å². The summed E-state index contributed by atoms with van der Waals surface area (Å²) < 4.78 is 0. The van der Waals surface area contributed by atoms with Crippen LogP contribution in [0.2, 0.25) is 5.02 Å². The molecule has 3 rings (SSSR count). The molecule has 1 aliphatic carbocycles. The van der Waals surface area contributed by atoms with Crippen LogP contribution in [0.5, 0.6) is 0 Å². The number of nitrogens with one attached hydrogen (secondary N) is 1. The van der Waals surface area contributed by atoms with Crippen LogP contribution in [0.25, 0.3) is 0 Å². The standard InChI is InChI=1S/C18H18ClN3O3/c19-13-5-4-12(10-20)14(8-13)21-15(23)11-22-16(24)9-18(17(22)25)6-2-1-3-7-18/h4-5,8H,1-3,6-7,9,11H2,(H,21,23). The molecule has 0 bridgehead atoms. The summed E-state index contributed by atoms with van der Waals surface area (Å²) in [6, 6.07) is 6.48. The number of carbonyl (C=O) groups is 3. The quantitative estimate of drug-likeness (QED) is 0.840. The molecular formula is C18H18ClN3O3. The number of benzene rings is 1. The Morgan fingerprint density at radius 3 is 2.68 bits per heavy atom. The summed E-state index contributed by atoms with van der Waals surface area (Å²) in [6.45, 7) is -0.337. The third-order valence-electron chi connectivity index (χ3n) is 4.98. The number of anilines is 1. The zero-order chi connectivity index (χ0) is 18.0. The molecule has 2 fully saturated rings. The van der Waals surface area contributed by atoms with Crippen molar-refractivity contribution in [3.8, 4) is 6.07 Å². The van der Waals surface area contributed by atoms with Crippen LogP contribution in [-0.4, -0.2) is 29.2 Å². The smallest absolute Gasteiger partial charge is 0.244 e. The summed E-state index contributed by atoms with van der Waals surface area (Å²) >= 11 is 5.89. The maximum atomic E-state index is 12.7. The molecule has 1 aromatic rings. The van der Waals surface area contributed by atoms with Gasteiger partial charge >= 0.3 is 0 Å². The molecule has 0 atom stereocenters. The molecule has 2 aliphatic rings. The molecule has 1 saturated heterocycles. The number of halogens is 1. The Morgan fingerprint density at radius 1 is 1.28 bits per heavy atom. The van der Waals surface area contributed by atoms with Gasteiger partial charge < -0.3 is 5.32 Å². The van der Waals surface area contributed by atoms with Crippen LogP contribution in [0, 0.1) is 16.7 Å². The van der Waals surface area contributed by atoms with Crippen LogP contribution >= 0.6 is 11.6 Å².